The molecule has 0 saturated heterocycles. The lowest BCUT2D eigenvalue weighted by Crippen LogP contribution is -2.48. The van der Waals surface area contributed by atoms with Gasteiger partial charge in [-0.3, -0.25) is 0 Å². The number of carboxylic acid groups (broad SMARTS) is 1. The van der Waals surface area contributed by atoms with Gasteiger partial charge in [-0.15, -0.1) is 0 Å². The van der Waals surface area contributed by atoms with Crippen molar-refractivity contribution in [1.29, 1.82) is 0 Å². The Bertz CT molecular complexity index is 1350. The minimum absolute atomic E-state index is 0.0734. The number of esters is 1. The van der Waals surface area contributed by atoms with Gasteiger partial charge in [0.25, 0.3) is 0 Å². The van der Waals surface area contributed by atoms with Crippen LogP contribution >= 0.6 is 0 Å². The molecule has 39 heavy (non-hydrogen) atoms. The average Bonchev–Trinajstić information content (AvgIpc) is 2.91. The van der Waals surface area contributed by atoms with Gasteiger partial charge in [0.2, 0.25) is 0 Å². The molecule has 0 aromatic heterocycles. The van der Waals surface area contributed by atoms with Crippen molar-refractivity contribution in [3.63, 3.8) is 0 Å². The molecule has 3 aromatic rings. The largest absolute Gasteiger partial charge is 0.478 e. The highest BCUT2D eigenvalue weighted by Gasteiger charge is 2.52. The first-order valence-electron chi connectivity index (χ1n) is 14.6. The van der Waals surface area contributed by atoms with Crippen LogP contribution in [0.2, 0.25) is 0 Å². The van der Waals surface area contributed by atoms with E-state index in [0.29, 0.717) is 13.0 Å². The standard InChI is InChI=1S/C34H38O5/c1-3-6-30(33(37)38-4-2)39-31-16-26-7-5-8-27(24-9-11-25(12-10-24)32(35)36)28(26)17-29(31)34-18-21-13-22(19-34)15-23(14-21)20-34/h5,7-12,16-17,21-23,30H,3-4,6,13-15,18-20H2,1-2H3,(H,35,36). The van der Waals surface area contributed by atoms with E-state index in [1.807, 2.05) is 25.1 Å². The summed E-state index contributed by atoms with van der Waals surface area (Å²) in [6.07, 6.45) is 8.46. The summed E-state index contributed by atoms with van der Waals surface area (Å²) in [5, 5.41) is 11.6. The lowest BCUT2D eigenvalue weighted by atomic mass is 9.48. The van der Waals surface area contributed by atoms with Crippen molar-refractivity contribution in [2.75, 3.05) is 6.61 Å². The molecule has 5 nitrogen and oxygen atoms in total. The highest BCUT2D eigenvalue weighted by molar-refractivity contribution is 5.99. The third-order valence-corrected chi connectivity index (χ3v) is 9.40. The minimum Gasteiger partial charge on any atom is -0.478 e. The van der Waals surface area contributed by atoms with Gasteiger partial charge >= 0.3 is 11.9 Å². The fourth-order valence-corrected chi connectivity index (χ4v) is 8.18. The van der Waals surface area contributed by atoms with Crippen LogP contribution in [0.3, 0.4) is 0 Å². The molecule has 1 N–H and O–H groups in total. The van der Waals surface area contributed by atoms with Crippen molar-refractivity contribution >= 4 is 22.7 Å². The van der Waals surface area contributed by atoms with Crippen molar-refractivity contribution in [2.24, 2.45) is 17.8 Å². The second-order valence-electron chi connectivity index (χ2n) is 12.1. The number of hydrogen-bond acceptors (Lipinski definition) is 4. The van der Waals surface area contributed by atoms with E-state index in [4.69, 9.17) is 9.47 Å². The number of rotatable bonds is 9. The summed E-state index contributed by atoms with van der Waals surface area (Å²) >= 11 is 0. The smallest absolute Gasteiger partial charge is 0.347 e. The van der Waals surface area contributed by atoms with Crippen LogP contribution in [0.15, 0.2) is 54.6 Å². The molecular formula is C34H38O5. The summed E-state index contributed by atoms with van der Waals surface area (Å²) < 4.78 is 12.0. The first kappa shape index (κ1) is 25.9. The van der Waals surface area contributed by atoms with Gasteiger partial charge in [0.05, 0.1) is 12.2 Å². The Kier molecular flexibility index (Phi) is 6.86. The van der Waals surface area contributed by atoms with Crippen molar-refractivity contribution in [2.45, 2.75) is 76.7 Å². The van der Waals surface area contributed by atoms with Gasteiger partial charge in [-0.2, -0.15) is 0 Å². The fraction of sp³-hybridized carbons (Fsp3) is 0.471. The Morgan fingerprint density at radius 2 is 1.62 bits per heavy atom. The molecule has 204 valence electrons. The molecule has 1 atom stereocenters. The van der Waals surface area contributed by atoms with E-state index in [0.717, 1.165) is 51.8 Å². The number of carbonyl (C=O) groups excluding carboxylic acids is 1. The highest BCUT2D eigenvalue weighted by Crippen LogP contribution is 2.62. The van der Waals surface area contributed by atoms with E-state index in [1.165, 1.54) is 44.1 Å². The average molecular weight is 527 g/mol. The molecule has 0 radical (unpaired) electrons. The molecule has 4 aliphatic carbocycles. The Hall–Kier alpha value is -3.34. The first-order valence-corrected chi connectivity index (χ1v) is 14.6. The third-order valence-electron chi connectivity index (χ3n) is 9.40. The summed E-state index contributed by atoms with van der Waals surface area (Å²) in [6.45, 7) is 4.24. The fourth-order valence-electron chi connectivity index (χ4n) is 8.18. The van der Waals surface area contributed by atoms with Crippen molar-refractivity contribution < 1.29 is 24.2 Å². The van der Waals surface area contributed by atoms with E-state index in [-0.39, 0.29) is 16.9 Å². The number of fused-ring (bicyclic) bond motifs is 1. The predicted molar refractivity (Wildman–Crippen MR) is 152 cm³/mol. The molecule has 1 unspecified atom stereocenters. The number of ether oxygens (including phenoxy) is 2. The minimum atomic E-state index is -0.923. The number of hydrogen-bond donors (Lipinski definition) is 1. The molecule has 3 aromatic carbocycles. The SMILES string of the molecule is CCCC(Oc1cc2cccc(-c3ccc(C(=O)O)cc3)c2cc1C12CC3CC(CC(C3)C1)C2)C(=O)OCC. The van der Waals surface area contributed by atoms with Gasteiger partial charge in [0.1, 0.15) is 5.75 Å². The summed E-state index contributed by atoms with van der Waals surface area (Å²) in [6, 6.07) is 17.8. The predicted octanol–water partition coefficient (Wildman–Crippen LogP) is 7.78. The summed E-state index contributed by atoms with van der Waals surface area (Å²) in [5.41, 5.74) is 3.67. The summed E-state index contributed by atoms with van der Waals surface area (Å²) in [7, 11) is 0. The van der Waals surface area contributed by atoms with Gasteiger partial charge < -0.3 is 14.6 Å². The van der Waals surface area contributed by atoms with Gasteiger partial charge in [-0.25, -0.2) is 9.59 Å². The maximum atomic E-state index is 12.9. The number of benzene rings is 3. The molecule has 4 fully saturated rings. The lowest BCUT2D eigenvalue weighted by molar-refractivity contribution is -0.151. The van der Waals surface area contributed by atoms with Crippen LogP contribution in [0.25, 0.3) is 21.9 Å². The lowest BCUT2D eigenvalue weighted by Gasteiger charge is -2.57. The summed E-state index contributed by atoms with van der Waals surface area (Å²) in [5.74, 6) is 1.94. The van der Waals surface area contributed by atoms with Crippen LogP contribution in [-0.2, 0) is 14.9 Å². The monoisotopic (exact) mass is 526 g/mol. The van der Waals surface area contributed by atoms with Crippen LogP contribution in [0.1, 0.15) is 81.1 Å². The van der Waals surface area contributed by atoms with Crippen molar-refractivity contribution in [1.82, 2.24) is 0 Å². The van der Waals surface area contributed by atoms with E-state index < -0.39 is 12.1 Å². The zero-order chi connectivity index (χ0) is 27.1. The van der Waals surface area contributed by atoms with Crippen LogP contribution in [0.5, 0.6) is 5.75 Å². The van der Waals surface area contributed by atoms with E-state index in [9.17, 15) is 14.7 Å². The Morgan fingerprint density at radius 1 is 0.949 bits per heavy atom. The Labute approximate surface area is 230 Å². The highest BCUT2D eigenvalue weighted by atomic mass is 16.6. The third kappa shape index (κ3) is 4.81. The zero-order valence-electron chi connectivity index (χ0n) is 22.9. The van der Waals surface area contributed by atoms with Crippen LogP contribution in [-0.4, -0.2) is 29.8 Å². The Morgan fingerprint density at radius 3 is 2.21 bits per heavy atom. The normalized spacial score (nSPS) is 25.9. The van der Waals surface area contributed by atoms with Crippen LogP contribution < -0.4 is 4.74 Å². The quantitative estimate of drug-likeness (QED) is 0.288. The molecule has 0 aliphatic heterocycles. The van der Waals surface area contributed by atoms with Crippen molar-refractivity contribution in [3.05, 3.63) is 65.7 Å². The number of carboxylic acids is 1. The van der Waals surface area contributed by atoms with Gasteiger partial charge in [-0.1, -0.05) is 43.7 Å². The number of carbonyl (C=O) groups is 2. The van der Waals surface area contributed by atoms with Crippen LogP contribution in [0.4, 0.5) is 0 Å². The molecule has 4 aliphatic rings. The molecule has 5 heteroatoms. The van der Waals surface area contributed by atoms with E-state index in [1.54, 1.807) is 12.1 Å². The molecule has 4 bridgehead atoms. The second-order valence-corrected chi connectivity index (χ2v) is 12.1. The van der Waals surface area contributed by atoms with E-state index >= 15 is 0 Å². The van der Waals surface area contributed by atoms with Gasteiger partial charge in [-0.05, 0) is 121 Å². The molecule has 0 spiro atoms. The van der Waals surface area contributed by atoms with Crippen molar-refractivity contribution in [3.8, 4) is 16.9 Å². The molecule has 4 saturated carbocycles. The van der Waals surface area contributed by atoms with Crippen LogP contribution in [0, 0.1) is 17.8 Å². The van der Waals surface area contributed by atoms with Gasteiger partial charge in [0, 0.05) is 5.56 Å². The molecule has 7 rings (SSSR count). The summed E-state index contributed by atoms with van der Waals surface area (Å²) in [4.78, 5) is 24.3. The topological polar surface area (TPSA) is 72.8 Å². The Balaban J connectivity index is 1.49. The molecule has 0 heterocycles. The number of aromatic carboxylic acids is 1. The second kappa shape index (κ2) is 10.3. The van der Waals surface area contributed by atoms with Gasteiger partial charge in [0.15, 0.2) is 6.10 Å². The molecule has 0 amide bonds. The van der Waals surface area contributed by atoms with E-state index in [2.05, 4.69) is 31.2 Å². The maximum Gasteiger partial charge on any atom is 0.347 e. The molecular weight excluding hydrogens is 488 g/mol. The zero-order valence-corrected chi connectivity index (χ0v) is 22.9. The first-order chi connectivity index (χ1) is 18.9. The maximum absolute atomic E-state index is 12.9.